The summed E-state index contributed by atoms with van der Waals surface area (Å²) in [5.74, 6) is 2.57. The molecule has 24 heavy (non-hydrogen) atoms. The smallest absolute Gasteiger partial charge is 0.274 e. The quantitative estimate of drug-likeness (QED) is 0.932. The topological polar surface area (TPSA) is 71.1 Å². The van der Waals surface area contributed by atoms with Crippen molar-refractivity contribution < 1.29 is 4.74 Å². The SMILES string of the molecule is COc1ccc(Cc2nnc(N3CC(C)CC(C)C3)[nH]c2=O)cc1. The molecule has 1 aliphatic rings. The van der Waals surface area contributed by atoms with E-state index in [2.05, 4.69) is 33.9 Å². The van der Waals surface area contributed by atoms with Crippen LogP contribution < -0.4 is 15.2 Å². The molecule has 6 heteroatoms. The summed E-state index contributed by atoms with van der Waals surface area (Å²) < 4.78 is 5.14. The van der Waals surface area contributed by atoms with Crippen molar-refractivity contribution in [2.24, 2.45) is 11.8 Å². The average Bonchev–Trinajstić information content (AvgIpc) is 2.56. The Balaban J connectivity index is 1.75. The number of piperidine rings is 1. The molecule has 2 aromatic rings. The van der Waals surface area contributed by atoms with Gasteiger partial charge >= 0.3 is 0 Å². The molecule has 1 aliphatic heterocycles. The molecule has 2 atom stereocenters. The third-order valence-electron chi connectivity index (χ3n) is 4.45. The van der Waals surface area contributed by atoms with Crippen LogP contribution in [0, 0.1) is 11.8 Å². The van der Waals surface area contributed by atoms with Gasteiger partial charge in [-0.25, -0.2) is 0 Å². The molecular formula is C18H24N4O2. The molecule has 0 radical (unpaired) electrons. The van der Waals surface area contributed by atoms with E-state index in [1.165, 1.54) is 6.42 Å². The fourth-order valence-electron chi connectivity index (χ4n) is 3.38. The summed E-state index contributed by atoms with van der Waals surface area (Å²) >= 11 is 0. The lowest BCUT2D eigenvalue weighted by molar-refractivity contribution is 0.352. The zero-order chi connectivity index (χ0) is 17.1. The third kappa shape index (κ3) is 3.75. The Kier molecular flexibility index (Phi) is 4.83. The number of ether oxygens (including phenoxy) is 1. The highest BCUT2D eigenvalue weighted by molar-refractivity contribution is 5.31. The van der Waals surface area contributed by atoms with Gasteiger partial charge in [0.05, 0.1) is 7.11 Å². The number of rotatable bonds is 4. The molecule has 1 N–H and O–H groups in total. The van der Waals surface area contributed by atoms with Gasteiger partial charge in [0.2, 0.25) is 5.95 Å². The molecule has 0 aliphatic carbocycles. The zero-order valence-corrected chi connectivity index (χ0v) is 14.5. The number of anilines is 1. The molecule has 2 heterocycles. The number of aromatic amines is 1. The highest BCUT2D eigenvalue weighted by Crippen LogP contribution is 2.23. The first-order valence-corrected chi connectivity index (χ1v) is 8.39. The number of methoxy groups -OCH3 is 1. The summed E-state index contributed by atoms with van der Waals surface area (Å²) in [5, 5.41) is 8.43. The van der Waals surface area contributed by atoms with E-state index in [1.54, 1.807) is 7.11 Å². The lowest BCUT2D eigenvalue weighted by Crippen LogP contribution is -2.40. The molecule has 0 spiro atoms. The molecule has 6 nitrogen and oxygen atoms in total. The van der Waals surface area contributed by atoms with Crippen molar-refractivity contribution in [1.29, 1.82) is 0 Å². The Morgan fingerprint density at radius 1 is 1.17 bits per heavy atom. The van der Waals surface area contributed by atoms with Crippen LogP contribution in [0.25, 0.3) is 0 Å². The van der Waals surface area contributed by atoms with Gasteiger partial charge in [-0.3, -0.25) is 9.78 Å². The summed E-state index contributed by atoms with van der Waals surface area (Å²) in [7, 11) is 1.63. The minimum absolute atomic E-state index is 0.165. The van der Waals surface area contributed by atoms with E-state index in [9.17, 15) is 4.79 Å². The highest BCUT2D eigenvalue weighted by Gasteiger charge is 2.23. The number of H-pyrrole nitrogens is 1. The second kappa shape index (κ2) is 7.03. The van der Waals surface area contributed by atoms with Crippen molar-refractivity contribution in [3.05, 3.63) is 45.9 Å². The molecule has 1 aromatic heterocycles. The van der Waals surface area contributed by atoms with Crippen LogP contribution in [0.3, 0.4) is 0 Å². The van der Waals surface area contributed by atoms with Crippen molar-refractivity contribution in [3.8, 4) is 5.75 Å². The van der Waals surface area contributed by atoms with Gasteiger partial charge in [-0.05, 0) is 36.0 Å². The maximum Gasteiger partial charge on any atom is 0.274 e. The van der Waals surface area contributed by atoms with Crippen LogP contribution in [-0.4, -0.2) is 35.4 Å². The first-order chi connectivity index (χ1) is 11.5. The van der Waals surface area contributed by atoms with Crippen LogP contribution in [0.1, 0.15) is 31.5 Å². The molecule has 1 fully saturated rings. The van der Waals surface area contributed by atoms with Crippen molar-refractivity contribution in [2.45, 2.75) is 26.7 Å². The minimum atomic E-state index is -0.165. The summed E-state index contributed by atoms with van der Waals surface area (Å²) in [6, 6.07) is 7.62. The third-order valence-corrected chi connectivity index (χ3v) is 4.45. The van der Waals surface area contributed by atoms with Gasteiger partial charge in [0.15, 0.2) is 0 Å². The van der Waals surface area contributed by atoms with Crippen molar-refractivity contribution in [2.75, 3.05) is 25.1 Å². The molecule has 2 unspecified atom stereocenters. The van der Waals surface area contributed by atoms with Crippen molar-refractivity contribution >= 4 is 5.95 Å². The lowest BCUT2D eigenvalue weighted by atomic mass is 9.92. The number of nitrogens with zero attached hydrogens (tertiary/aromatic N) is 3. The monoisotopic (exact) mass is 328 g/mol. The second-order valence-corrected chi connectivity index (χ2v) is 6.80. The number of nitrogens with one attached hydrogen (secondary N) is 1. The van der Waals surface area contributed by atoms with Crippen LogP contribution in [0.2, 0.25) is 0 Å². The number of benzene rings is 1. The van der Waals surface area contributed by atoms with Crippen molar-refractivity contribution in [3.63, 3.8) is 0 Å². The van der Waals surface area contributed by atoms with E-state index in [4.69, 9.17) is 4.74 Å². The summed E-state index contributed by atoms with van der Waals surface area (Å²) in [6.45, 7) is 6.28. The maximum atomic E-state index is 12.4. The van der Waals surface area contributed by atoms with Crippen LogP contribution in [-0.2, 0) is 6.42 Å². The molecule has 0 saturated carbocycles. The summed E-state index contributed by atoms with van der Waals surface area (Å²) in [4.78, 5) is 17.4. The van der Waals surface area contributed by atoms with E-state index in [1.807, 2.05) is 24.3 Å². The maximum absolute atomic E-state index is 12.4. The van der Waals surface area contributed by atoms with Crippen LogP contribution in [0.5, 0.6) is 5.75 Å². The highest BCUT2D eigenvalue weighted by atomic mass is 16.5. The minimum Gasteiger partial charge on any atom is -0.497 e. The first-order valence-electron chi connectivity index (χ1n) is 8.39. The largest absolute Gasteiger partial charge is 0.497 e. The van der Waals surface area contributed by atoms with E-state index in [-0.39, 0.29) is 5.56 Å². The normalized spacial score (nSPS) is 20.9. The van der Waals surface area contributed by atoms with Gasteiger partial charge in [0.25, 0.3) is 5.56 Å². The fourth-order valence-corrected chi connectivity index (χ4v) is 3.38. The van der Waals surface area contributed by atoms with Crippen LogP contribution >= 0.6 is 0 Å². The van der Waals surface area contributed by atoms with Gasteiger partial charge in [0, 0.05) is 19.5 Å². The Morgan fingerprint density at radius 2 is 1.83 bits per heavy atom. The van der Waals surface area contributed by atoms with E-state index in [0.717, 1.165) is 24.4 Å². The van der Waals surface area contributed by atoms with Crippen molar-refractivity contribution in [1.82, 2.24) is 15.2 Å². The second-order valence-electron chi connectivity index (χ2n) is 6.80. The molecular weight excluding hydrogens is 304 g/mol. The Morgan fingerprint density at radius 3 is 2.42 bits per heavy atom. The van der Waals surface area contributed by atoms with Crippen LogP contribution in [0.4, 0.5) is 5.95 Å². The van der Waals surface area contributed by atoms with Gasteiger partial charge in [0.1, 0.15) is 11.4 Å². The van der Waals surface area contributed by atoms with Gasteiger partial charge in [-0.15, -0.1) is 10.2 Å². The number of hydrogen-bond donors (Lipinski definition) is 1. The lowest BCUT2D eigenvalue weighted by Gasteiger charge is -2.34. The molecule has 3 rings (SSSR count). The summed E-state index contributed by atoms with van der Waals surface area (Å²) in [5.41, 5.74) is 1.27. The first kappa shape index (κ1) is 16.5. The Labute approximate surface area is 141 Å². The van der Waals surface area contributed by atoms with Crippen LogP contribution in [0.15, 0.2) is 29.1 Å². The Bertz CT molecular complexity index is 731. The van der Waals surface area contributed by atoms with E-state index < -0.39 is 0 Å². The summed E-state index contributed by atoms with van der Waals surface area (Å²) in [6.07, 6.45) is 1.67. The molecule has 1 saturated heterocycles. The molecule has 1 aromatic carbocycles. The average molecular weight is 328 g/mol. The van der Waals surface area contributed by atoms with Gasteiger partial charge in [-0.1, -0.05) is 26.0 Å². The number of hydrogen-bond acceptors (Lipinski definition) is 5. The number of aromatic nitrogens is 3. The standard InChI is InChI=1S/C18H24N4O2/c1-12-8-13(2)11-22(10-12)18-19-17(23)16(20-21-18)9-14-4-6-15(24-3)7-5-14/h4-7,12-13H,8-11H2,1-3H3,(H,19,21,23). The van der Waals surface area contributed by atoms with E-state index >= 15 is 0 Å². The van der Waals surface area contributed by atoms with E-state index in [0.29, 0.717) is 29.9 Å². The van der Waals surface area contributed by atoms with Gasteiger partial charge < -0.3 is 9.64 Å². The fraction of sp³-hybridized carbons (Fsp3) is 0.500. The van der Waals surface area contributed by atoms with Gasteiger partial charge in [-0.2, -0.15) is 0 Å². The predicted molar refractivity (Wildman–Crippen MR) is 93.6 cm³/mol. The molecule has 128 valence electrons. The predicted octanol–water partition coefficient (Wildman–Crippen LogP) is 2.25. The zero-order valence-electron chi connectivity index (χ0n) is 14.5. The molecule has 0 bridgehead atoms. The molecule has 0 amide bonds. The Hall–Kier alpha value is -2.37.